The molecule has 0 spiro atoms. The standard InChI is InChI=1S/C9H21NO5Si2/c1-6-13-8(11)7-14-9(12)10-17(4,5)15-16(2)3/h16H,6-7H2,1-5H3,(H,10,12). The minimum absolute atomic E-state index is 0.270. The summed E-state index contributed by atoms with van der Waals surface area (Å²) in [5.41, 5.74) is 0. The van der Waals surface area contributed by atoms with Crippen molar-refractivity contribution >= 4 is 29.6 Å². The number of amides is 1. The molecule has 0 fully saturated rings. The lowest BCUT2D eigenvalue weighted by Crippen LogP contribution is -2.53. The van der Waals surface area contributed by atoms with Crippen molar-refractivity contribution in [3.63, 3.8) is 0 Å². The highest BCUT2D eigenvalue weighted by Gasteiger charge is 2.27. The predicted octanol–water partition coefficient (Wildman–Crippen LogP) is 0.977. The van der Waals surface area contributed by atoms with Crippen LogP contribution in [0.1, 0.15) is 6.92 Å². The Morgan fingerprint density at radius 2 is 1.82 bits per heavy atom. The smallest absolute Gasteiger partial charge is 0.401 e. The quantitative estimate of drug-likeness (QED) is 0.579. The van der Waals surface area contributed by atoms with E-state index in [0.717, 1.165) is 0 Å². The summed E-state index contributed by atoms with van der Waals surface area (Å²) in [5.74, 6) is -0.554. The third-order valence-electron chi connectivity index (χ3n) is 1.56. The lowest BCUT2D eigenvalue weighted by molar-refractivity contribution is -0.146. The number of rotatable bonds is 6. The van der Waals surface area contributed by atoms with Crippen LogP contribution in [0.5, 0.6) is 0 Å². The molecule has 0 aliphatic rings. The predicted molar refractivity (Wildman–Crippen MR) is 68.6 cm³/mol. The highest BCUT2D eigenvalue weighted by molar-refractivity contribution is 6.77. The van der Waals surface area contributed by atoms with Gasteiger partial charge in [0.05, 0.1) is 6.61 Å². The number of hydrogen-bond acceptors (Lipinski definition) is 5. The Labute approximate surface area is 105 Å². The van der Waals surface area contributed by atoms with Crippen LogP contribution in [-0.2, 0) is 18.4 Å². The van der Waals surface area contributed by atoms with Crippen LogP contribution in [-0.4, -0.2) is 42.8 Å². The first-order valence-electron chi connectivity index (χ1n) is 5.55. The molecule has 0 atom stereocenters. The van der Waals surface area contributed by atoms with Crippen LogP contribution in [0, 0.1) is 0 Å². The van der Waals surface area contributed by atoms with Gasteiger partial charge in [-0.25, -0.2) is 9.59 Å². The highest BCUT2D eigenvalue weighted by Crippen LogP contribution is 2.02. The first-order chi connectivity index (χ1) is 7.76. The molecule has 0 unspecified atom stereocenters. The molecule has 6 nitrogen and oxygen atoms in total. The van der Waals surface area contributed by atoms with Crippen LogP contribution in [0.3, 0.4) is 0 Å². The zero-order valence-electron chi connectivity index (χ0n) is 11.0. The van der Waals surface area contributed by atoms with Gasteiger partial charge in [-0.3, -0.25) is 0 Å². The molecule has 0 rings (SSSR count). The largest absolute Gasteiger partial charge is 0.463 e. The first kappa shape index (κ1) is 16.1. The molecular formula is C9H21NO5Si2. The van der Waals surface area contributed by atoms with E-state index in [1.54, 1.807) is 6.92 Å². The summed E-state index contributed by atoms with van der Waals surface area (Å²) in [7, 11) is -3.44. The molecule has 8 heteroatoms. The number of nitrogens with one attached hydrogen (secondary N) is 1. The number of hydrogen-bond donors (Lipinski definition) is 1. The summed E-state index contributed by atoms with van der Waals surface area (Å²) in [6.07, 6.45) is -0.635. The van der Waals surface area contributed by atoms with Crippen molar-refractivity contribution in [1.82, 2.24) is 4.98 Å². The zero-order valence-corrected chi connectivity index (χ0v) is 13.2. The SMILES string of the molecule is CCOC(=O)COC(=O)N[Si](C)(C)O[SiH](C)C. The molecule has 0 saturated heterocycles. The molecule has 0 aliphatic heterocycles. The second-order valence-corrected chi connectivity index (χ2v) is 10.5. The van der Waals surface area contributed by atoms with Gasteiger partial charge in [-0.1, -0.05) is 0 Å². The van der Waals surface area contributed by atoms with Crippen LogP contribution in [0.25, 0.3) is 0 Å². The fourth-order valence-corrected chi connectivity index (χ4v) is 6.74. The Bertz CT molecular complexity index is 270. The number of carbonyl (C=O) groups excluding carboxylic acids is 2. The van der Waals surface area contributed by atoms with Crippen LogP contribution in [0.4, 0.5) is 4.79 Å². The van der Waals surface area contributed by atoms with Gasteiger partial charge in [-0.05, 0) is 33.1 Å². The second kappa shape index (κ2) is 7.46. The zero-order chi connectivity index (χ0) is 13.5. The minimum Gasteiger partial charge on any atom is -0.463 e. The third kappa shape index (κ3) is 8.89. The maximum atomic E-state index is 11.4. The van der Waals surface area contributed by atoms with E-state index < -0.39 is 29.6 Å². The van der Waals surface area contributed by atoms with Gasteiger partial charge in [0.15, 0.2) is 15.6 Å². The molecule has 1 amide bonds. The Balaban J connectivity index is 3.96. The molecule has 0 bridgehead atoms. The van der Waals surface area contributed by atoms with Crippen molar-refractivity contribution in [1.29, 1.82) is 0 Å². The lowest BCUT2D eigenvalue weighted by Gasteiger charge is -2.25. The van der Waals surface area contributed by atoms with Crippen LogP contribution in [0.2, 0.25) is 26.2 Å². The van der Waals surface area contributed by atoms with Crippen molar-refractivity contribution in [2.24, 2.45) is 0 Å². The van der Waals surface area contributed by atoms with Gasteiger partial charge < -0.3 is 18.6 Å². The number of esters is 1. The third-order valence-corrected chi connectivity index (χ3v) is 6.61. The van der Waals surface area contributed by atoms with Crippen LogP contribution >= 0.6 is 0 Å². The van der Waals surface area contributed by atoms with Crippen LogP contribution in [0.15, 0.2) is 0 Å². The molecule has 0 saturated carbocycles. The fraction of sp³-hybridized carbons (Fsp3) is 0.778. The molecule has 0 aromatic rings. The Morgan fingerprint density at radius 3 is 2.29 bits per heavy atom. The molecule has 17 heavy (non-hydrogen) atoms. The van der Waals surface area contributed by atoms with Gasteiger partial charge in [0.2, 0.25) is 0 Å². The van der Waals surface area contributed by atoms with Crippen molar-refractivity contribution in [3.8, 4) is 0 Å². The van der Waals surface area contributed by atoms with Gasteiger partial charge in [0.1, 0.15) is 0 Å². The molecule has 0 heterocycles. The summed E-state index contributed by atoms with van der Waals surface area (Å²) in [5, 5.41) is 0. The Morgan fingerprint density at radius 1 is 1.24 bits per heavy atom. The molecule has 0 aromatic carbocycles. The molecule has 1 N–H and O–H groups in total. The van der Waals surface area contributed by atoms with Crippen molar-refractivity contribution in [3.05, 3.63) is 0 Å². The highest BCUT2D eigenvalue weighted by atomic mass is 28.4. The van der Waals surface area contributed by atoms with Gasteiger partial charge in [-0.15, -0.1) is 0 Å². The maximum Gasteiger partial charge on any atom is 0.401 e. The summed E-state index contributed by atoms with van der Waals surface area (Å²) >= 11 is 0. The fourth-order valence-electron chi connectivity index (χ4n) is 1.23. The molecule has 100 valence electrons. The monoisotopic (exact) mass is 279 g/mol. The van der Waals surface area contributed by atoms with Gasteiger partial charge in [0, 0.05) is 0 Å². The normalized spacial score (nSPS) is 11.2. The average Bonchev–Trinajstić information content (AvgIpc) is 2.12. The van der Waals surface area contributed by atoms with E-state index in [1.807, 2.05) is 26.2 Å². The lowest BCUT2D eigenvalue weighted by atomic mass is 10.7. The van der Waals surface area contributed by atoms with E-state index in [0.29, 0.717) is 0 Å². The van der Waals surface area contributed by atoms with E-state index in [9.17, 15) is 9.59 Å². The topological polar surface area (TPSA) is 73.9 Å². The van der Waals surface area contributed by atoms with Gasteiger partial charge in [-0.2, -0.15) is 0 Å². The average molecular weight is 279 g/mol. The maximum absolute atomic E-state index is 11.4. The van der Waals surface area contributed by atoms with Crippen molar-refractivity contribution < 1.29 is 23.2 Å². The first-order valence-corrected chi connectivity index (χ1v) is 11.2. The summed E-state index contributed by atoms with van der Waals surface area (Å²) in [6.45, 7) is 9.38. The van der Waals surface area contributed by atoms with Crippen molar-refractivity contribution in [2.75, 3.05) is 13.2 Å². The van der Waals surface area contributed by atoms with E-state index in [1.165, 1.54) is 0 Å². The van der Waals surface area contributed by atoms with E-state index >= 15 is 0 Å². The minimum atomic E-state index is -2.23. The van der Waals surface area contributed by atoms with E-state index in [-0.39, 0.29) is 13.2 Å². The van der Waals surface area contributed by atoms with Gasteiger partial charge in [0.25, 0.3) is 8.48 Å². The molecule has 0 aromatic heterocycles. The molecule has 0 radical (unpaired) electrons. The second-order valence-electron chi connectivity index (χ2n) is 4.18. The summed E-state index contributed by atoms with van der Waals surface area (Å²) in [6, 6.07) is 0. The van der Waals surface area contributed by atoms with Crippen molar-refractivity contribution in [2.45, 2.75) is 33.1 Å². The van der Waals surface area contributed by atoms with Gasteiger partial charge >= 0.3 is 12.1 Å². The van der Waals surface area contributed by atoms with E-state index in [4.69, 9.17) is 8.85 Å². The molecule has 0 aliphatic carbocycles. The van der Waals surface area contributed by atoms with Crippen LogP contribution < -0.4 is 4.98 Å². The summed E-state index contributed by atoms with van der Waals surface area (Å²) in [4.78, 5) is 25.0. The summed E-state index contributed by atoms with van der Waals surface area (Å²) < 4.78 is 15.1. The Kier molecular flexibility index (Phi) is 7.08. The Hall–Kier alpha value is -0.866. The number of ether oxygens (including phenoxy) is 2. The molecular weight excluding hydrogens is 258 g/mol. The van der Waals surface area contributed by atoms with E-state index in [2.05, 4.69) is 9.72 Å². The number of carbonyl (C=O) groups is 2.